The number of piperidine rings is 1. The quantitative estimate of drug-likeness (QED) is 0.689. The zero-order valence-electron chi connectivity index (χ0n) is 20.4. The number of piperazine rings is 1. The highest BCUT2D eigenvalue weighted by molar-refractivity contribution is 5.69. The van der Waals surface area contributed by atoms with E-state index in [0.29, 0.717) is 19.7 Å². The first-order chi connectivity index (χ1) is 16.6. The Bertz CT molecular complexity index is 984. The maximum Gasteiger partial charge on any atom is 0.410 e. The summed E-state index contributed by atoms with van der Waals surface area (Å²) >= 11 is 0. The second kappa shape index (κ2) is 10.2. The van der Waals surface area contributed by atoms with E-state index >= 15 is 0 Å². The van der Waals surface area contributed by atoms with Gasteiger partial charge in [-0.15, -0.1) is 0 Å². The highest BCUT2D eigenvalue weighted by Crippen LogP contribution is 2.32. The van der Waals surface area contributed by atoms with Crippen molar-refractivity contribution in [2.45, 2.75) is 39.3 Å². The molecule has 0 N–H and O–H groups in total. The van der Waals surface area contributed by atoms with Crippen LogP contribution in [0.2, 0.25) is 0 Å². The molecule has 2 aromatic rings. The summed E-state index contributed by atoms with van der Waals surface area (Å²) in [6.45, 7) is 9.70. The number of anilines is 2. The molecule has 0 spiro atoms. The number of amides is 1. The van der Waals surface area contributed by atoms with Gasteiger partial charge in [-0.05, 0) is 31.4 Å². The smallest absolute Gasteiger partial charge is 0.410 e. The number of nitrogens with zero attached hydrogens (tertiary/aromatic N) is 6. The molecule has 1 amide bonds. The van der Waals surface area contributed by atoms with Crippen LogP contribution in [0.4, 0.5) is 16.6 Å². The summed E-state index contributed by atoms with van der Waals surface area (Å²) in [7, 11) is 2.16. The van der Waals surface area contributed by atoms with Gasteiger partial charge in [0.1, 0.15) is 12.4 Å². The van der Waals surface area contributed by atoms with Crippen molar-refractivity contribution in [2.24, 2.45) is 5.92 Å². The van der Waals surface area contributed by atoms with Crippen LogP contribution >= 0.6 is 0 Å². The average molecular weight is 465 g/mol. The minimum absolute atomic E-state index is 0.268. The maximum absolute atomic E-state index is 12.9. The Hall–Kier alpha value is -2.87. The molecule has 1 aromatic heterocycles. The fourth-order valence-electron chi connectivity index (χ4n) is 4.98. The Labute approximate surface area is 202 Å². The van der Waals surface area contributed by atoms with Crippen molar-refractivity contribution in [3.05, 3.63) is 47.2 Å². The van der Waals surface area contributed by atoms with Gasteiger partial charge in [0.15, 0.2) is 0 Å². The number of carbonyl (C=O) groups is 1. The van der Waals surface area contributed by atoms with E-state index in [1.165, 1.54) is 12.8 Å². The molecule has 0 radical (unpaired) electrons. The number of aromatic nitrogens is 2. The number of rotatable bonds is 4. The van der Waals surface area contributed by atoms with Crippen molar-refractivity contribution < 1.29 is 9.53 Å². The van der Waals surface area contributed by atoms with Gasteiger partial charge in [0, 0.05) is 57.8 Å². The van der Waals surface area contributed by atoms with E-state index in [1.807, 2.05) is 30.3 Å². The van der Waals surface area contributed by atoms with Crippen LogP contribution in [0.1, 0.15) is 36.6 Å². The van der Waals surface area contributed by atoms with Crippen LogP contribution in [-0.4, -0.2) is 78.7 Å². The number of likely N-dealkylation sites (N-methyl/N-ethyl adjacent to an activating group) is 1. The van der Waals surface area contributed by atoms with Crippen LogP contribution in [0, 0.1) is 5.92 Å². The Morgan fingerprint density at radius 2 is 1.71 bits per heavy atom. The zero-order valence-corrected chi connectivity index (χ0v) is 20.4. The molecule has 0 saturated carbocycles. The van der Waals surface area contributed by atoms with Crippen LogP contribution in [0.3, 0.4) is 0 Å². The Morgan fingerprint density at radius 3 is 2.44 bits per heavy atom. The van der Waals surface area contributed by atoms with Gasteiger partial charge < -0.3 is 24.3 Å². The lowest BCUT2D eigenvalue weighted by atomic mass is 9.98. The van der Waals surface area contributed by atoms with Crippen LogP contribution < -0.4 is 9.80 Å². The van der Waals surface area contributed by atoms with Crippen molar-refractivity contribution in [1.82, 2.24) is 19.8 Å². The molecule has 182 valence electrons. The van der Waals surface area contributed by atoms with Gasteiger partial charge in [0.05, 0.1) is 12.2 Å². The summed E-state index contributed by atoms with van der Waals surface area (Å²) < 4.78 is 5.63. The lowest BCUT2D eigenvalue weighted by molar-refractivity contribution is 0.0916. The summed E-state index contributed by atoms with van der Waals surface area (Å²) in [4.78, 5) is 31.9. The normalized spacial score (nSPS) is 19.8. The summed E-state index contributed by atoms with van der Waals surface area (Å²) in [6.07, 6.45) is 2.81. The van der Waals surface area contributed by atoms with Crippen LogP contribution in [0.15, 0.2) is 30.3 Å². The van der Waals surface area contributed by atoms with E-state index in [0.717, 1.165) is 80.2 Å². The van der Waals surface area contributed by atoms with Gasteiger partial charge in [0.25, 0.3) is 0 Å². The highest BCUT2D eigenvalue weighted by atomic mass is 16.6. The molecule has 3 aliphatic rings. The van der Waals surface area contributed by atoms with E-state index in [1.54, 1.807) is 4.90 Å². The first kappa shape index (κ1) is 22.9. The molecule has 4 heterocycles. The van der Waals surface area contributed by atoms with Gasteiger partial charge in [-0.3, -0.25) is 0 Å². The lowest BCUT2D eigenvalue weighted by Crippen LogP contribution is -2.46. The number of hydrogen-bond donors (Lipinski definition) is 0. The van der Waals surface area contributed by atoms with Crippen molar-refractivity contribution >= 4 is 17.9 Å². The fourth-order valence-corrected chi connectivity index (χ4v) is 4.98. The van der Waals surface area contributed by atoms with E-state index in [4.69, 9.17) is 14.7 Å². The van der Waals surface area contributed by atoms with Gasteiger partial charge in [-0.2, -0.15) is 4.98 Å². The van der Waals surface area contributed by atoms with Crippen molar-refractivity contribution in [1.29, 1.82) is 0 Å². The van der Waals surface area contributed by atoms with Crippen molar-refractivity contribution in [2.75, 3.05) is 62.7 Å². The molecule has 0 atom stereocenters. The molecule has 8 nitrogen and oxygen atoms in total. The van der Waals surface area contributed by atoms with Crippen LogP contribution in [0.5, 0.6) is 0 Å². The third-order valence-corrected chi connectivity index (χ3v) is 7.36. The van der Waals surface area contributed by atoms with E-state index in [-0.39, 0.29) is 6.09 Å². The molecule has 3 aliphatic heterocycles. The molecule has 1 aromatic carbocycles. The molecule has 2 saturated heterocycles. The average Bonchev–Trinajstić information content (AvgIpc) is 2.88. The molecule has 0 bridgehead atoms. The van der Waals surface area contributed by atoms with Crippen molar-refractivity contribution in [3.63, 3.8) is 0 Å². The molecule has 5 rings (SSSR count). The van der Waals surface area contributed by atoms with Crippen LogP contribution in [-0.2, 0) is 24.3 Å². The Balaban J connectivity index is 1.36. The van der Waals surface area contributed by atoms with Gasteiger partial charge in [0.2, 0.25) is 5.95 Å². The van der Waals surface area contributed by atoms with E-state index < -0.39 is 0 Å². The van der Waals surface area contributed by atoms with Crippen LogP contribution in [0.25, 0.3) is 0 Å². The lowest BCUT2D eigenvalue weighted by Gasteiger charge is -2.37. The van der Waals surface area contributed by atoms with Gasteiger partial charge >= 0.3 is 6.09 Å². The van der Waals surface area contributed by atoms with Crippen molar-refractivity contribution in [3.8, 4) is 0 Å². The highest BCUT2D eigenvalue weighted by Gasteiger charge is 2.31. The molecule has 0 unspecified atom stereocenters. The molecule has 8 heteroatoms. The van der Waals surface area contributed by atoms with Gasteiger partial charge in [-0.1, -0.05) is 37.3 Å². The minimum atomic E-state index is -0.268. The number of hydrogen-bond acceptors (Lipinski definition) is 7. The topological polar surface area (TPSA) is 65.0 Å². The molecule has 0 aliphatic carbocycles. The van der Waals surface area contributed by atoms with E-state index in [9.17, 15) is 4.79 Å². The summed E-state index contributed by atoms with van der Waals surface area (Å²) in [5.41, 5.74) is 3.18. The monoisotopic (exact) mass is 464 g/mol. The number of carbonyl (C=O) groups excluding carboxylic acids is 1. The predicted molar refractivity (Wildman–Crippen MR) is 133 cm³/mol. The first-order valence-corrected chi connectivity index (χ1v) is 12.6. The fraction of sp³-hybridized carbons (Fsp3) is 0.577. The molecule has 2 fully saturated rings. The standard InChI is InChI=1S/C26H36N6O2/c1-20-8-11-30(12-9-20)24-22-18-32(26(33)34-19-21-6-4-3-5-7-21)13-10-23(22)27-25(28-24)31-16-14-29(2)15-17-31/h3-7,20H,8-19H2,1-2H3. The Morgan fingerprint density at radius 1 is 0.971 bits per heavy atom. The summed E-state index contributed by atoms with van der Waals surface area (Å²) in [5, 5.41) is 0. The molecular formula is C26H36N6O2. The number of benzene rings is 1. The Kier molecular flexibility index (Phi) is 6.85. The second-order valence-corrected chi connectivity index (χ2v) is 9.94. The zero-order chi connectivity index (χ0) is 23.5. The first-order valence-electron chi connectivity index (χ1n) is 12.6. The molecule has 34 heavy (non-hydrogen) atoms. The largest absolute Gasteiger partial charge is 0.445 e. The number of ether oxygens (including phenoxy) is 1. The maximum atomic E-state index is 12.9. The predicted octanol–water partition coefficient (Wildman–Crippen LogP) is 3.16. The third kappa shape index (κ3) is 5.12. The minimum Gasteiger partial charge on any atom is -0.445 e. The van der Waals surface area contributed by atoms with E-state index in [2.05, 4.69) is 28.7 Å². The number of fused-ring (bicyclic) bond motifs is 1. The molecular weight excluding hydrogens is 428 g/mol. The second-order valence-electron chi connectivity index (χ2n) is 9.94. The summed E-state index contributed by atoms with van der Waals surface area (Å²) in [6, 6.07) is 9.83. The summed E-state index contributed by atoms with van der Waals surface area (Å²) in [5.74, 6) is 2.61. The van der Waals surface area contributed by atoms with Gasteiger partial charge in [-0.25, -0.2) is 9.78 Å². The SMILES string of the molecule is CC1CCN(c2nc(N3CCN(C)CC3)nc3c2CN(C(=O)OCc2ccccc2)CC3)CC1. The third-order valence-electron chi connectivity index (χ3n) is 7.36.